The number of rotatable bonds is 4. The van der Waals surface area contributed by atoms with Gasteiger partial charge in [-0.3, -0.25) is 4.68 Å². The number of hydrogen-bond acceptors (Lipinski definition) is 3. The van der Waals surface area contributed by atoms with E-state index in [1.807, 2.05) is 20.0 Å². The highest BCUT2D eigenvalue weighted by atomic mass is 19.1. The lowest BCUT2D eigenvalue weighted by atomic mass is 10.1. The molecule has 1 aromatic carbocycles. The molecule has 4 nitrogen and oxygen atoms in total. The molecule has 0 radical (unpaired) electrons. The fraction of sp³-hybridized carbons (Fsp3) is 0.333. The normalized spacial score (nSPS) is 11.0. The number of carbonyl (C=O) groups is 1. The number of halogens is 2. The van der Waals surface area contributed by atoms with E-state index in [9.17, 15) is 13.6 Å². The van der Waals surface area contributed by atoms with Gasteiger partial charge >= 0.3 is 5.97 Å². The summed E-state index contributed by atoms with van der Waals surface area (Å²) >= 11 is 0. The SMILES string of the molecule is COC(=O)c1c(F)cc(Cn2cc(C(C)C)cn2)cc1F. The fourth-order valence-electron chi connectivity index (χ4n) is 1.97. The van der Waals surface area contributed by atoms with Gasteiger partial charge in [-0.1, -0.05) is 13.8 Å². The molecule has 0 fully saturated rings. The molecule has 0 amide bonds. The molecule has 0 saturated heterocycles. The van der Waals surface area contributed by atoms with Gasteiger partial charge in [0.05, 0.1) is 19.9 Å². The Morgan fingerprint density at radius 3 is 2.43 bits per heavy atom. The third kappa shape index (κ3) is 3.26. The van der Waals surface area contributed by atoms with Gasteiger partial charge in [0.15, 0.2) is 0 Å². The number of nitrogens with zero attached hydrogens (tertiary/aromatic N) is 2. The average Bonchev–Trinajstić information content (AvgIpc) is 2.86. The molecule has 2 rings (SSSR count). The standard InChI is InChI=1S/C15H16F2N2O2/c1-9(2)11-6-18-19(8-11)7-10-4-12(16)14(13(17)5-10)15(20)21-3/h4-6,8-9H,7H2,1-3H3. The second-order valence-electron chi connectivity index (χ2n) is 5.05. The van der Waals surface area contributed by atoms with Gasteiger partial charge in [-0.25, -0.2) is 13.6 Å². The minimum absolute atomic E-state index is 0.224. The van der Waals surface area contributed by atoms with Crippen LogP contribution in [0.15, 0.2) is 24.5 Å². The Kier molecular flexibility index (Phi) is 4.35. The number of benzene rings is 1. The van der Waals surface area contributed by atoms with E-state index in [4.69, 9.17) is 0 Å². The molecule has 0 bridgehead atoms. The van der Waals surface area contributed by atoms with E-state index in [1.165, 1.54) is 0 Å². The first-order valence-electron chi connectivity index (χ1n) is 6.51. The Labute approximate surface area is 121 Å². The van der Waals surface area contributed by atoms with Crippen LogP contribution < -0.4 is 0 Å². The van der Waals surface area contributed by atoms with Crippen LogP contribution in [0.2, 0.25) is 0 Å². The second kappa shape index (κ2) is 6.03. The predicted molar refractivity (Wildman–Crippen MR) is 73.1 cm³/mol. The van der Waals surface area contributed by atoms with Gasteiger partial charge in [0.25, 0.3) is 0 Å². The molecule has 2 aromatic rings. The van der Waals surface area contributed by atoms with Crippen LogP contribution in [-0.2, 0) is 11.3 Å². The summed E-state index contributed by atoms with van der Waals surface area (Å²) in [7, 11) is 1.08. The Balaban J connectivity index is 2.27. The number of aromatic nitrogens is 2. The third-order valence-electron chi connectivity index (χ3n) is 3.16. The van der Waals surface area contributed by atoms with Crippen LogP contribution in [0.25, 0.3) is 0 Å². The van der Waals surface area contributed by atoms with E-state index in [1.54, 1.807) is 10.9 Å². The molecule has 0 aliphatic carbocycles. The van der Waals surface area contributed by atoms with Crippen LogP contribution in [0.1, 0.15) is 41.3 Å². The zero-order valence-corrected chi connectivity index (χ0v) is 12.1. The second-order valence-corrected chi connectivity index (χ2v) is 5.05. The van der Waals surface area contributed by atoms with Crippen molar-refractivity contribution in [3.8, 4) is 0 Å². The largest absolute Gasteiger partial charge is 0.465 e. The molecule has 1 aromatic heterocycles. The summed E-state index contributed by atoms with van der Waals surface area (Å²) in [5.41, 5.74) is 0.753. The van der Waals surface area contributed by atoms with E-state index >= 15 is 0 Å². The van der Waals surface area contributed by atoms with E-state index in [2.05, 4.69) is 9.84 Å². The Bertz CT molecular complexity index is 642. The van der Waals surface area contributed by atoms with Crippen molar-refractivity contribution in [2.45, 2.75) is 26.3 Å². The molecule has 0 atom stereocenters. The number of hydrogen-bond donors (Lipinski definition) is 0. The van der Waals surface area contributed by atoms with E-state index in [0.717, 1.165) is 24.8 Å². The van der Waals surface area contributed by atoms with Crippen molar-refractivity contribution in [2.24, 2.45) is 0 Å². The van der Waals surface area contributed by atoms with Crippen LogP contribution in [0.3, 0.4) is 0 Å². The zero-order valence-electron chi connectivity index (χ0n) is 12.1. The van der Waals surface area contributed by atoms with Crippen molar-refractivity contribution in [3.63, 3.8) is 0 Å². The van der Waals surface area contributed by atoms with Crippen LogP contribution >= 0.6 is 0 Å². The minimum Gasteiger partial charge on any atom is -0.465 e. The first kappa shape index (κ1) is 15.2. The summed E-state index contributed by atoms with van der Waals surface area (Å²) in [5, 5.41) is 4.15. The summed E-state index contributed by atoms with van der Waals surface area (Å²) in [4.78, 5) is 11.3. The quantitative estimate of drug-likeness (QED) is 0.814. The molecule has 112 valence electrons. The summed E-state index contributed by atoms with van der Waals surface area (Å²) in [6.07, 6.45) is 3.55. The molecule has 0 saturated carbocycles. The maximum absolute atomic E-state index is 13.8. The van der Waals surface area contributed by atoms with Gasteiger partial charge in [-0.05, 0) is 29.2 Å². The molecule has 0 unspecified atom stereocenters. The third-order valence-corrected chi connectivity index (χ3v) is 3.16. The van der Waals surface area contributed by atoms with Crippen molar-refractivity contribution in [1.29, 1.82) is 0 Å². The molecule has 0 spiro atoms. The zero-order chi connectivity index (χ0) is 15.6. The molecular weight excluding hydrogens is 278 g/mol. The van der Waals surface area contributed by atoms with Gasteiger partial charge in [-0.2, -0.15) is 5.10 Å². The molecule has 0 N–H and O–H groups in total. The number of esters is 1. The van der Waals surface area contributed by atoms with Crippen molar-refractivity contribution >= 4 is 5.97 Å². The van der Waals surface area contributed by atoms with Crippen molar-refractivity contribution in [3.05, 3.63) is 52.9 Å². The van der Waals surface area contributed by atoms with Crippen LogP contribution in [-0.4, -0.2) is 22.9 Å². The van der Waals surface area contributed by atoms with E-state index < -0.39 is 23.2 Å². The minimum atomic E-state index is -1.03. The highest BCUT2D eigenvalue weighted by Crippen LogP contribution is 2.18. The van der Waals surface area contributed by atoms with Gasteiger partial charge in [0, 0.05) is 6.20 Å². The molecule has 0 aliphatic heterocycles. The van der Waals surface area contributed by atoms with Gasteiger partial charge < -0.3 is 4.74 Å². The Morgan fingerprint density at radius 2 is 1.95 bits per heavy atom. The highest BCUT2D eigenvalue weighted by molar-refractivity contribution is 5.90. The number of methoxy groups -OCH3 is 1. The summed E-state index contributed by atoms with van der Waals surface area (Å²) < 4.78 is 33.6. The first-order valence-corrected chi connectivity index (χ1v) is 6.51. The highest BCUT2D eigenvalue weighted by Gasteiger charge is 2.19. The van der Waals surface area contributed by atoms with E-state index in [0.29, 0.717) is 11.5 Å². The summed E-state index contributed by atoms with van der Waals surface area (Å²) in [6.45, 7) is 4.29. The lowest BCUT2D eigenvalue weighted by Gasteiger charge is -2.07. The Hall–Kier alpha value is -2.24. The van der Waals surface area contributed by atoms with Crippen molar-refractivity contribution in [2.75, 3.05) is 7.11 Å². The molecule has 21 heavy (non-hydrogen) atoms. The van der Waals surface area contributed by atoms with Gasteiger partial charge in [0.1, 0.15) is 17.2 Å². The predicted octanol–water partition coefficient (Wildman–Crippen LogP) is 3.12. The van der Waals surface area contributed by atoms with Crippen LogP contribution in [0.5, 0.6) is 0 Å². The maximum atomic E-state index is 13.8. The maximum Gasteiger partial charge on any atom is 0.343 e. The first-order chi connectivity index (χ1) is 9.92. The molecular formula is C15H16F2N2O2. The Morgan fingerprint density at radius 1 is 1.33 bits per heavy atom. The molecule has 6 heteroatoms. The van der Waals surface area contributed by atoms with Gasteiger partial charge in [0.2, 0.25) is 0 Å². The number of carbonyl (C=O) groups excluding carboxylic acids is 1. The van der Waals surface area contributed by atoms with Gasteiger partial charge in [-0.15, -0.1) is 0 Å². The molecule has 0 aliphatic rings. The van der Waals surface area contributed by atoms with Crippen LogP contribution in [0.4, 0.5) is 8.78 Å². The van der Waals surface area contributed by atoms with Crippen LogP contribution in [0, 0.1) is 11.6 Å². The molecule has 1 heterocycles. The summed E-state index contributed by atoms with van der Waals surface area (Å²) in [6, 6.07) is 2.23. The smallest absolute Gasteiger partial charge is 0.343 e. The number of ether oxygens (including phenoxy) is 1. The lowest BCUT2D eigenvalue weighted by molar-refractivity contribution is 0.0590. The van der Waals surface area contributed by atoms with Crippen molar-refractivity contribution < 1.29 is 18.3 Å². The summed E-state index contributed by atoms with van der Waals surface area (Å²) in [5.74, 6) is -2.58. The van der Waals surface area contributed by atoms with Crippen molar-refractivity contribution in [1.82, 2.24) is 9.78 Å². The average molecular weight is 294 g/mol. The fourth-order valence-corrected chi connectivity index (χ4v) is 1.97. The monoisotopic (exact) mass is 294 g/mol. The topological polar surface area (TPSA) is 44.1 Å². The van der Waals surface area contributed by atoms with E-state index in [-0.39, 0.29) is 6.54 Å². The lowest BCUT2D eigenvalue weighted by Crippen LogP contribution is -2.10.